The summed E-state index contributed by atoms with van der Waals surface area (Å²) < 4.78 is 7.14. The summed E-state index contributed by atoms with van der Waals surface area (Å²) in [6, 6.07) is 3.72. The Balaban J connectivity index is 1.82. The summed E-state index contributed by atoms with van der Waals surface area (Å²) in [5, 5.41) is 7.03. The van der Waals surface area contributed by atoms with Gasteiger partial charge in [-0.25, -0.2) is 9.31 Å². The number of alkyl carbamates (subject to hydrolysis) is 1. The first-order valence-corrected chi connectivity index (χ1v) is 8.36. The van der Waals surface area contributed by atoms with Crippen molar-refractivity contribution in [3.63, 3.8) is 0 Å². The number of nitrogens with one attached hydrogen (secondary N) is 1. The Morgan fingerprint density at radius 2 is 2.16 bits per heavy atom. The lowest BCUT2D eigenvalue weighted by Gasteiger charge is -2.13. The smallest absolute Gasteiger partial charge is 0.412 e. The van der Waals surface area contributed by atoms with Gasteiger partial charge < -0.3 is 4.74 Å². The third-order valence-corrected chi connectivity index (χ3v) is 4.85. The van der Waals surface area contributed by atoms with Crippen LogP contribution in [0.15, 0.2) is 49.5 Å². The van der Waals surface area contributed by atoms with Gasteiger partial charge in [0.15, 0.2) is 5.82 Å². The Kier molecular flexibility index (Phi) is 4.62. The molecule has 0 saturated heterocycles. The minimum atomic E-state index is -0.576. The Labute approximate surface area is 148 Å². The lowest BCUT2D eigenvalue weighted by Crippen LogP contribution is -2.23. The summed E-state index contributed by atoms with van der Waals surface area (Å²) in [6.45, 7) is 10.9. The molecule has 1 atom stereocenters. The van der Waals surface area contributed by atoms with Crippen molar-refractivity contribution in [2.24, 2.45) is 0 Å². The maximum atomic E-state index is 11.8. The van der Waals surface area contributed by atoms with Gasteiger partial charge in [-0.05, 0) is 32.1 Å². The summed E-state index contributed by atoms with van der Waals surface area (Å²) in [5.74, 6) is 0.636. The molecule has 0 bridgehead atoms. The lowest BCUT2D eigenvalue weighted by molar-refractivity contribution is 0.111. The van der Waals surface area contributed by atoms with Gasteiger partial charge in [-0.1, -0.05) is 24.5 Å². The number of carbonyl (C=O) groups excluding carboxylic acids is 1. The molecule has 0 radical (unpaired) electrons. The molecule has 3 aromatic rings. The number of ether oxygens (including phenoxy) is 1. The van der Waals surface area contributed by atoms with Crippen molar-refractivity contribution in [2.75, 3.05) is 0 Å². The third-order valence-electron chi connectivity index (χ3n) is 3.55. The molecule has 0 aromatic carbocycles. The number of allylic oxidation sites excluding steroid dienone is 1. The van der Waals surface area contributed by atoms with E-state index in [4.69, 9.17) is 4.74 Å². The Hall–Kier alpha value is -3.00. The van der Waals surface area contributed by atoms with E-state index in [9.17, 15) is 4.79 Å². The number of nitrogens with zero attached hydrogens (tertiary/aromatic N) is 4. The molecule has 0 saturated carbocycles. The van der Waals surface area contributed by atoms with Crippen LogP contribution < -0.4 is 5.32 Å². The second kappa shape index (κ2) is 6.86. The van der Waals surface area contributed by atoms with Crippen molar-refractivity contribution in [3.8, 4) is 11.4 Å². The highest BCUT2D eigenvalue weighted by atomic mass is 32.1. The first-order chi connectivity index (χ1) is 12.0. The zero-order chi connectivity index (χ0) is 18.0. The van der Waals surface area contributed by atoms with Gasteiger partial charge in [0.25, 0.3) is 0 Å². The van der Waals surface area contributed by atoms with E-state index < -0.39 is 12.2 Å². The molecule has 0 aliphatic carbocycles. The standard InChI is InChI=1S/C17H17N5O2S/c1-5-10(2)19-17(23)24-12(4)14-11(3)22-16(25-14)20-15(21-22)13-6-8-18-9-7-13/h5-9,12H,1-2H2,3-4H3,(H,19,23). The molecule has 0 aliphatic rings. The fourth-order valence-electron chi connectivity index (χ4n) is 2.28. The van der Waals surface area contributed by atoms with E-state index in [0.717, 1.165) is 21.1 Å². The van der Waals surface area contributed by atoms with Crippen molar-refractivity contribution in [1.29, 1.82) is 0 Å². The van der Waals surface area contributed by atoms with Crippen molar-refractivity contribution in [1.82, 2.24) is 24.9 Å². The zero-order valence-electron chi connectivity index (χ0n) is 13.9. The minimum Gasteiger partial charge on any atom is -0.440 e. The van der Waals surface area contributed by atoms with Crippen LogP contribution in [0.2, 0.25) is 0 Å². The molecule has 3 rings (SSSR count). The second-order valence-electron chi connectivity index (χ2n) is 5.32. The number of aromatic nitrogens is 4. The SMILES string of the molecule is C=CC(=C)NC(=O)OC(C)c1sc2nc(-c3ccncc3)nn2c1C. The van der Waals surface area contributed by atoms with Crippen LogP contribution in [0.3, 0.4) is 0 Å². The van der Waals surface area contributed by atoms with Gasteiger partial charge >= 0.3 is 6.09 Å². The van der Waals surface area contributed by atoms with Gasteiger partial charge in [0, 0.05) is 23.7 Å². The number of pyridine rings is 1. The number of fused-ring (bicyclic) bond motifs is 1. The van der Waals surface area contributed by atoms with Gasteiger partial charge in [-0.3, -0.25) is 10.3 Å². The van der Waals surface area contributed by atoms with Crippen LogP contribution in [0.4, 0.5) is 4.79 Å². The van der Waals surface area contributed by atoms with E-state index >= 15 is 0 Å². The zero-order valence-corrected chi connectivity index (χ0v) is 14.7. The molecule has 1 unspecified atom stereocenters. The van der Waals surface area contributed by atoms with Gasteiger partial charge in [-0.15, -0.1) is 5.10 Å². The first kappa shape index (κ1) is 16.8. The number of thiazole rings is 1. The Morgan fingerprint density at radius 1 is 1.44 bits per heavy atom. The summed E-state index contributed by atoms with van der Waals surface area (Å²) in [5.41, 5.74) is 2.17. The topological polar surface area (TPSA) is 81.4 Å². The van der Waals surface area contributed by atoms with E-state index in [1.165, 1.54) is 17.4 Å². The second-order valence-corrected chi connectivity index (χ2v) is 6.33. The average Bonchev–Trinajstić information content (AvgIpc) is 3.15. The van der Waals surface area contributed by atoms with Gasteiger partial charge in [-0.2, -0.15) is 4.98 Å². The van der Waals surface area contributed by atoms with Gasteiger partial charge in [0.05, 0.1) is 10.6 Å². The fourth-order valence-corrected chi connectivity index (χ4v) is 3.33. The molecule has 1 amide bonds. The van der Waals surface area contributed by atoms with Gasteiger partial charge in [0.2, 0.25) is 4.96 Å². The van der Waals surface area contributed by atoms with Crippen molar-refractivity contribution >= 4 is 22.4 Å². The number of carbonyl (C=O) groups is 1. The van der Waals surface area contributed by atoms with E-state index in [1.807, 2.05) is 19.1 Å². The van der Waals surface area contributed by atoms with E-state index in [0.29, 0.717) is 11.5 Å². The van der Waals surface area contributed by atoms with Crippen LogP contribution >= 0.6 is 11.3 Å². The molecule has 25 heavy (non-hydrogen) atoms. The predicted octanol–water partition coefficient (Wildman–Crippen LogP) is 3.65. The number of aryl methyl sites for hydroxylation is 1. The summed E-state index contributed by atoms with van der Waals surface area (Å²) in [4.78, 5) is 22.0. The van der Waals surface area contributed by atoms with Crippen LogP contribution in [0, 0.1) is 6.92 Å². The van der Waals surface area contributed by atoms with Crippen molar-refractivity contribution < 1.29 is 9.53 Å². The highest BCUT2D eigenvalue weighted by Crippen LogP contribution is 2.31. The number of rotatable bonds is 5. The molecule has 1 N–H and O–H groups in total. The van der Waals surface area contributed by atoms with Crippen molar-refractivity contribution in [3.05, 3.63) is 60.0 Å². The van der Waals surface area contributed by atoms with Crippen LogP contribution in [0.5, 0.6) is 0 Å². The maximum absolute atomic E-state index is 11.8. The number of hydrogen-bond acceptors (Lipinski definition) is 6. The molecule has 0 fully saturated rings. The Bertz CT molecular complexity index is 945. The number of amides is 1. The predicted molar refractivity (Wildman–Crippen MR) is 96.2 cm³/mol. The first-order valence-electron chi connectivity index (χ1n) is 7.55. The molecule has 128 valence electrons. The molecular formula is C17H17N5O2S. The summed E-state index contributed by atoms with van der Waals surface area (Å²) >= 11 is 1.44. The molecular weight excluding hydrogens is 338 g/mol. The molecule has 0 spiro atoms. The van der Waals surface area contributed by atoms with Crippen molar-refractivity contribution in [2.45, 2.75) is 20.0 Å². The molecule has 8 heteroatoms. The largest absolute Gasteiger partial charge is 0.440 e. The Morgan fingerprint density at radius 3 is 2.80 bits per heavy atom. The average molecular weight is 355 g/mol. The quantitative estimate of drug-likeness (QED) is 0.707. The summed E-state index contributed by atoms with van der Waals surface area (Å²) in [6.07, 6.45) is 3.84. The molecule has 3 heterocycles. The number of hydrogen-bond donors (Lipinski definition) is 1. The van der Waals surface area contributed by atoms with E-state index in [1.54, 1.807) is 23.8 Å². The van der Waals surface area contributed by atoms with Crippen LogP contribution in [-0.2, 0) is 4.74 Å². The van der Waals surface area contributed by atoms with E-state index in [-0.39, 0.29) is 0 Å². The molecule has 3 aromatic heterocycles. The lowest BCUT2D eigenvalue weighted by atomic mass is 10.3. The normalized spacial score (nSPS) is 11.9. The van der Waals surface area contributed by atoms with Gasteiger partial charge in [0.1, 0.15) is 6.10 Å². The highest BCUT2D eigenvalue weighted by molar-refractivity contribution is 7.17. The fraction of sp³-hybridized carbons (Fsp3) is 0.176. The molecule has 0 aliphatic heterocycles. The minimum absolute atomic E-state index is 0.388. The monoisotopic (exact) mass is 355 g/mol. The van der Waals surface area contributed by atoms with Crippen LogP contribution in [0.1, 0.15) is 23.6 Å². The highest BCUT2D eigenvalue weighted by Gasteiger charge is 2.21. The van der Waals surface area contributed by atoms with Crippen LogP contribution in [0.25, 0.3) is 16.3 Å². The molecule has 7 nitrogen and oxygen atoms in total. The van der Waals surface area contributed by atoms with Crippen LogP contribution in [-0.4, -0.2) is 25.7 Å². The third kappa shape index (κ3) is 3.43. The maximum Gasteiger partial charge on any atom is 0.412 e. The van der Waals surface area contributed by atoms with E-state index in [2.05, 4.69) is 33.5 Å². The summed E-state index contributed by atoms with van der Waals surface area (Å²) in [7, 11) is 0.